The second-order valence-corrected chi connectivity index (χ2v) is 6.01. The van der Waals surface area contributed by atoms with Crippen LogP contribution in [-0.2, 0) is 0 Å². The predicted octanol–water partition coefficient (Wildman–Crippen LogP) is 2.12. The fraction of sp³-hybridized carbons (Fsp3) is 0.400. The lowest BCUT2D eigenvalue weighted by molar-refractivity contribution is 0.122. The van der Waals surface area contributed by atoms with Gasteiger partial charge in [-0.2, -0.15) is 0 Å². The van der Waals surface area contributed by atoms with E-state index in [9.17, 15) is 9.90 Å². The fourth-order valence-corrected chi connectivity index (χ4v) is 2.96. The van der Waals surface area contributed by atoms with Crippen LogP contribution in [0.3, 0.4) is 0 Å². The Hall–Kier alpha value is -2.48. The minimum atomic E-state index is -0.904. The summed E-state index contributed by atoms with van der Waals surface area (Å²) >= 11 is 5.96. The Morgan fingerprint density at radius 2 is 2.00 bits per heavy atom. The zero-order valence-electron chi connectivity index (χ0n) is 13.4. The number of anilines is 1. The first-order chi connectivity index (χ1) is 11.5. The largest absolute Gasteiger partial charge is 0.467 e. The van der Waals surface area contributed by atoms with Crippen molar-refractivity contribution >= 4 is 23.6 Å². The topological polar surface area (TPSA) is 83.7 Å². The van der Waals surface area contributed by atoms with Crippen LogP contribution < -0.4 is 9.64 Å². The molecule has 1 atom stereocenters. The van der Waals surface area contributed by atoms with Gasteiger partial charge in [0, 0.05) is 30.7 Å². The predicted molar refractivity (Wildman–Crippen MR) is 89.3 cm³/mol. The number of aromatic nitrogens is 3. The van der Waals surface area contributed by atoms with E-state index in [-0.39, 0.29) is 6.04 Å². The van der Waals surface area contributed by atoms with E-state index < -0.39 is 6.09 Å². The Morgan fingerprint density at radius 1 is 1.29 bits per heavy atom. The van der Waals surface area contributed by atoms with Gasteiger partial charge in [-0.1, -0.05) is 16.7 Å². The van der Waals surface area contributed by atoms with E-state index in [4.69, 9.17) is 16.3 Å². The minimum Gasteiger partial charge on any atom is -0.467 e. The summed E-state index contributed by atoms with van der Waals surface area (Å²) in [6.07, 6.45) is -0.904. The molecule has 1 unspecified atom stereocenters. The molecule has 1 amide bonds. The first-order valence-electron chi connectivity index (χ1n) is 7.51. The van der Waals surface area contributed by atoms with Crippen molar-refractivity contribution in [3.05, 3.63) is 29.3 Å². The fourth-order valence-electron chi connectivity index (χ4n) is 2.84. The van der Waals surface area contributed by atoms with Gasteiger partial charge in [0.25, 0.3) is 0 Å². The summed E-state index contributed by atoms with van der Waals surface area (Å²) in [5.41, 5.74) is 0.824. The van der Waals surface area contributed by atoms with Gasteiger partial charge in [-0.25, -0.2) is 9.36 Å². The summed E-state index contributed by atoms with van der Waals surface area (Å²) in [7, 11) is 1.53. The van der Waals surface area contributed by atoms with Crippen LogP contribution in [0.1, 0.15) is 6.92 Å². The van der Waals surface area contributed by atoms with Gasteiger partial charge in [-0.3, -0.25) is 0 Å². The molecule has 1 N–H and O–H groups in total. The maximum absolute atomic E-state index is 11.2. The second-order valence-electron chi connectivity index (χ2n) is 5.57. The van der Waals surface area contributed by atoms with Gasteiger partial charge in [0.05, 0.1) is 12.8 Å². The molecule has 3 rings (SSSR count). The molecule has 8 nitrogen and oxygen atoms in total. The monoisotopic (exact) mass is 351 g/mol. The van der Waals surface area contributed by atoms with E-state index in [1.807, 2.05) is 24.0 Å². The Morgan fingerprint density at radius 3 is 2.58 bits per heavy atom. The standard InChI is InChI=1S/C15H18ClN5O3/c1-10-9-19(7-8-20(10)15(22)23)13-17-18-14(24-2)21(13)12-5-3-11(16)4-6-12/h3-6,10H,7-9H2,1-2H3,(H,22,23). The zero-order valence-corrected chi connectivity index (χ0v) is 14.1. The Kier molecular flexibility index (Phi) is 4.48. The average Bonchev–Trinajstić information content (AvgIpc) is 2.99. The Balaban J connectivity index is 1.93. The molecule has 1 aromatic carbocycles. The summed E-state index contributed by atoms with van der Waals surface area (Å²) < 4.78 is 7.10. The van der Waals surface area contributed by atoms with Gasteiger partial charge in [-0.15, -0.1) is 5.10 Å². The number of rotatable bonds is 3. The maximum atomic E-state index is 11.2. The van der Waals surface area contributed by atoms with Crippen molar-refractivity contribution in [1.82, 2.24) is 19.7 Å². The first-order valence-corrected chi connectivity index (χ1v) is 7.89. The molecule has 1 saturated heterocycles. The molecule has 1 aliphatic heterocycles. The second kappa shape index (κ2) is 6.56. The van der Waals surface area contributed by atoms with E-state index in [0.29, 0.717) is 36.6 Å². The molecule has 128 valence electrons. The van der Waals surface area contributed by atoms with E-state index in [0.717, 1.165) is 5.69 Å². The molecule has 1 aliphatic rings. The van der Waals surface area contributed by atoms with E-state index in [1.54, 1.807) is 16.7 Å². The van der Waals surface area contributed by atoms with Crippen molar-refractivity contribution in [3.63, 3.8) is 0 Å². The molecule has 1 fully saturated rings. The summed E-state index contributed by atoms with van der Waals surface area (Å²) in [6, 6.07) is 7.50. The average molecular weight is 352 g/mol. The number of ether oxygens (including phenoxy) is 1. The zero-order chi connectivity index (χ0) is 17.3. The molecule has 0 radical (unpaired) electrons. The number of hydrogen-bond acceptors (Lipinski definition) is 5. The highest BCUT2D eigenvalue weighted by Gasteiger charge is 2.30. The van der Waals surface area contributed by atoms with Crippen LogP contribution in [-0.4, -0.2) is 63.7 Å². The van der Waals surface area contributed by atoms with Gasteiger partial charge < -0.3 is 19.6 Å². The van der Waals surface area contributed by atoms with Crippen molar-refractivity contribution in [2.75, 3.05) is 31.6 Å². The molecule has 0 aliphatic carbocycles. The lowest BCUT2D eigenvalue weighted by Gasteiger charge is -2.38. The molecule has 0 bridgehead atoms. The normalized spacial score (nSPS) is 17.9. The Labute approximate surface area is 144 Å². The van der Waals surface area contributed by atoms with Crippen LogP contribution in [0.25, 0.3) is 5.69 Å². The number of nitrogens with zero attached hydrogens (tertiary/aromatic N) is 5. The number of benzene rings is 1. The van der Waals surface area contributed by atoms with Gasteiger partial charge in [0.1, 0.15) is 0 Å². The summed E-state index contributed by atoms with van der Waals surface area (Å²) in [6.45, 7) is 3.35. The quantitative estimate of drug-likeness (QED) is 0.911. The molecular weight excluding hydrogens is 334 g/mol. The van der Waals surface area contributed by atoms with Crippen molar-refractivity contribution < 1.29 is 14.6 Å². The van der Waals surface area contributed by atoms with Crippen LogP contribution >= 0.6 is 11.6 Å². The van der Waals surface area contributed by atoms with E-state index in [2.05, 4.69) is 10.2 Å². The summed E-state index contributed by atoms with van der Waals surface area (Å²) in [4.78, 5) is 14.7. The lowest BCUT2D eigenvalue weighted by atomic mass is 10.2. The van der Waals surface area contributed by atoms with Gasteiger partial charge in [0.15, 0.2) is 0 Å². The molecule has 0 saturated carbocycles. The number of amides is 1. The van der Waals surface area contributed by atoms with Gasteiger partial charge in [-0.05, 0) is 31.2 Å². The van der Waals surface area contributed by atoms with Gasteiger partial charge in [0.2, 0.25) is 5.95 Å². The SMILES string of the molecule is COc1nnc(N2CCN(C(=O)O)C(C)C2)n1-c1ccc(Cl)cc1. The van der Waals surface area contributed by atoms with Gasteiger partial charge >= 0.3 is 12.1 Å². The third-order valence-electron chi connectivity index (χ3n) is 4.04. The third-order valence-corrected chi connectivity index (χ3v) is 4.29. The first kappa shape index (κ1) is 16.4. The van der Waals surface area contributed by atoms with Crippen LogP contribution in [0.2, 0.25) is 5.02 Å². The van der Waals surface area contributed by atoms with Crippen LogP contribution in [0.5, 0.6) is 6.01 Å². The number of methoxy groups -OCH3 is 1. The number of carbonyl (C=O) groups is 1. The number of halogens is 1. The minimum absolute atomic E-state index is 0.141. The van der Waals surface area contributed by atoms with Crippen LogP contribution in [0.4, 0.5) is 10.7 Å². The van der Waals surface area contributed by atoms with Crippen molar-refractivity contribution in [2.24, 2.45) is 0 Å². The smallest absolute Gasteiger partial charge is 0.407 e. The molecule has 24 heavy (non-hydrogen) atoms. The molecule has 1 aromatic heterocycles. The molecule has 2 heterocycles. The van der Waals surface area contributed by atoms with Crippen LogP contribution in [0.15, 0.2) is 24.3 Å². The van der Waals surface area contributed by atoms with Crippen molar-refractivity contribution in [2.45, 2.75) is 13.0 Å². The highest BCUT2D eigenvalue weighted by Crippen LogP contribution is 2.27. The van der Waals surface area contributed by atoms with E-state index in [1.165, 1.54) is 12.0 Å². The van der Waals surface area contributed by atoms with Crippen molar-refractivity contribution in [1.29, 1.82) is 0 Å². The molecule has 2 aromatic rings. The van der Waals surface area contributed by atoms with Crippen molar-refractivity contribution in [3.8, 4) is 11.7 Å². The van der Waals surface area contributed by atoms with E-state index >= 15 is 0 Å². The molecular formula is C15H18ClN5O3. The van der Waals surface area contributed by atoms with Crippen LogP contribution in [0, 0.1) is 0 Å². The highest BCUT2D eigenvalue weighted by molar-refractivity contribution is 6.30. The lowest BCUT2D eigenvalue weighted by Crippen LogP contribution is -2.54. The maximum Gasteiger partial charge on any atom is 0.407 e. The summed E-state index contributed by atoms with van der Waals surface area (Å²) in [5.74, 6) is 0.617. The summed E-state index contributed by atoms with van der Waals surface area (Å²) in [5, 5.41) is 18.1. The molecule has 9 heteroatoms. The third kappa shape index (κ3) is 2.96. The number of piperazine rings is 1. The molecule has 0 spiro atoms. The highest BCUT2D eigenvalue weighted by atomic mass is 35.5. The Bertz CT molecular complexity index is 733. The number of carboxylic acid groups (broad SMARTS) is 1. The number of hydrogen-bond donors (Lipinski definition) is 1.